The Hall–Kier alpha value is -3.55. The molecule has 0 fully saturated rings. The number of methoxy groups -OCH3 is 1. The monoisotopic (exact) mass is 385 g/mol. The Morgan fingerprint density at radius 3 is 2.25 bits per heavy atom. The molecule has 0 aliphatic carbocycles. The minimum absolute atomic E-state index is 0.0426. The highest BCUT2D eigenvalue weighted by Crippen LogP contribution is 2.28. The predicted octanol–water partition coefficient (Wildman–Crippen LogP) is 1.67. The SMILES string of the molecule is COc1cc(C(=O)NNC(=O)CNC(=O)c2ccccc2)ccc1OC(C)C. The van der Waals surface area contributed by atoms with Crippen LogP contribution >= 0.6 is 0 Å². The van der Waals surface area contributed by atoms with Gasteiger partial charge in [0, 0.05) is 11.1 Å². The molecule has 8 heteroatoms. The molecule has 0 saturated heterocycles. The van der Waals surface area contributed by atoms with Gasteiger partial charge in [-0.2, -0.15) is 0 Å². The van der Waals surface area contributed by atoms with Crippen LogP contribution in [0.25, 0.3) is 0 Å². The van der Waals surface area contributed by atoms with Gasteiger partial charge in [-0.3, -0.25) is 25.2 Å². The van der Waals surface area contributed by atoms with E-state index in [9.17, 15) is 14.4 Å². The molecule has 0 radical (unpaired) electrons. The van der Waals surface area contributed by atoms with Gasteiger partial charge in [0.25, 0.3) is 17.7 Å². The van der Waals surface area contributed by atoms with E-state index < -0.39 is 11.8 Å². The number of nitrogens with one attached hydrogen (secondary N) is 3. The summed E-state index contributed by atoms with van der Waals surface area (Å²) in [5.74, 6) is -0.557. The molecule has 2 aromatic rings. The molecule has 2 rings (SSSR count). The maximum absolute atomic E-state index is 12.2. The number of hydrazine groups is 1. The van der Waals surface area contributed by atoms with E-state index in [0.717, 1.165) is 0 Å². The van der Waals surface area contributed by atoms with Gasteiger partial charge in [0.05, 0.1) is 19.8 Å². The fourth-order valence-electron chi connectivity index (χ4n) is 2.26. The number of benzene rings is 2. The lowest BCUT2D eigenvalue weighted by Crippen LogP contribution is -2.46. The highest BCUT2D eigenvalue weighted by molar-refractivity contribution is 5.98. The maximum atomic E-state index is 12.2. The van der Waals surface area contributed by atoms with Crippen molar-refractivity contribution in [3.63, 3.8) is 0 Å². The van der Waals surface area contributed by atoms with E-state index in [-0.39, 0.29) is 24.1 Å². The van der Waals surface area contributed by atoms with Crippen molar-refractivity contribution in [2.24, 2.45) is 0 Å². The van der Waals surface area contributed by atoms with Crippen molar-refractivity contribution in [2.75, 3.05) is 13.7 Å². The summed E-state index contributed by atoms with van der Waals surface area (Å²) in [6, 6.07) is 13.2. The standard InChI is InChI=1S/C20H23N3O5/c1-13(2)28-16-10-9-15(11-17(16)27-3)20(26)23-22-18(24)12-21-19(25)14-7-5-4-6-8-14/h4-11,13H,12H2,1-3H3,(H,21,25)(H,22,24)(H,23,26). The third kappa shape index (κ3) is 6.01. The molecule has 0 heterocycles. The first kappa shape index (κ1) is 20.8. The predicted molar refractivity (Wildman–Crippen MR) is 103 cm³/mol. The lowest BCUT2D eigenvalue weighted by Gasteiger charge is -2.14. The molecule has 0 atom stereocenters. The molecule has 2 aromatic carbocycles. The van der Waals surface area contributed by atoms with Gasteiger partial charge in [-0.15, -0.1) is 0 Å². The zero-order valence-corrected chi connectivity index (χ0v) is 15.9. The van der Waals surface area contributed by atoms with Crippen LogP contribution in [-0.2, 0) is 4.79 Å². The smallest absolute Gasteiger partial charge is 0.269 e. The number of carbonyl (C=O) groups is 3. The molecule has 148 valence electrons. The van der Waals surface area contributed by atoms with Gasteiger partial charge in [-0.25, -0.2) is 0 Å². The Balaban J connectivity index is 1.86. The zero-order chi connectivity index (χ0) is 20.5. The molecule has 3 amide bonds. The van der Waals surface area contributed by atoms with Crippen molar-refractivity contribution in [3.8, 4) is 11.5 Å². The van der Waals surface area contributed by atoms with E-state index in [2.05, 4.69) is 16.2 Å². The van der Waals surface area contributed by atoms with Crippen LogP contribution in [-0.4, -0.2) is 37.5 Å². The molecule has 3 N–H and O–H groups in total. The van der Waals surface area contributed by atoms with Crippen LogP contribution < -0.4 is 25.6 Å². The van der Waals surface area contributed by atoms with Crippen molar-refractivity contribution in [2.45, 2.75) is 20.0 Å². The quantitative estimate of drug-likeness (QED) is 0.629. The van der Waals surface area contributed by atoms with E-state index in [0.29, 0.717) is 17.1 Å². The maximum Gasteiger partial charge on any atom is 0.269 e. The molecule has 0 saturated carbocycles. The topological polar surface area (TPSA) is 106 Å². The van der Waals surface area contributed by atoms with Crippen molar-refractivity contribution in [3.05, 3.63) is 59.7 Å². The van der Waals surface area contributed by atoms with Crippen LogP contribution in [0, 0.1) is 0 Å². The molecule has 0 spiro atoms. The van der Waals surface area contributed by atoms with Gasteiger partial charge in [-0.1, -0.05) is 18.2 Å². The minimum Gasteiger partial charge on any atom is -0.493 e. The summed E-state index contributed by atoms with van der Waals surface area (Å²) in [5, 5.41) is 2.47. The number of rotatable bonds is 7. The number of amides is 3. The Morgan fingerprint density at radius 1 is 0.893 bits per heavy atom. The first-order chi connectivity index (χ1) is 13.4. The van der Waals surface area contributed by atoms with Crippen molar-refractivity contribution in [1.82, 2.24) is 16.2 Å². The van der Waals surface area contributed by atoms with E-state index in [1.165, 1.54) is 13.2 Å². The van der Waals surface area contributed by atoms with E-state index >= 15 is 0 Å². The van der Waals surface area contributed by atoms with Gasteiger partial charge in [0.1, 0.15) is 0 Å². The molecular formula is C20H23N3O5. The second-order valence-electron chi connectivity index (χ2n) is 6.08. The molecule has 8 nitrogen and oxygen atoms in total. The third-order valence-electron chi connectivity index (χ3n) is 3.55. The molecular weight excluding hydrogens is 362 g/mol. The molecule has 0 aliphatic heterocycles. The average molecular weight is 385 g/mol. The fourth-order valence-corrected chi connectivity index (χ4v) is 2.26. The molecule has 28 heavy (non-hydrogen) atoms. The zero-order valence-electron chi connectivity index (χ0n) is 15.9. The Labute approximate surface area is 163 Å². The summed E-state index contributed by atoms with van der Waals surface area (Å²) in [5.41, 5.74) is 5.25. The van der Waals surface area contributed by atoms with Crippen molar-refractivity contribution < 1.29 is 23.9 Å². The number of hydrogen-bond acceptors (Lipinski definition) is 5. The van der Waals surface area contributed by atoms with E-state index in [1.807, 2.05) is 13.8 Å². The number of ether oxygens (including phenoxy) is 2. The summed E-state index contributed by atoms with van der Waals surface area (Å²) in [4.78, 5) is 35.9. The normalized spacial score (nSPS) is 10.1. The largest absolute Gasteiger partial charge is 0.493 e. The van der Waals surface area contributed by atoms with Crippen LogP contribution in [0.5, 0.6) is 11.5 Å². The second-order valence-corrected chi connectivity index (χ2v) is 6.08. The van der Waals surface area contributed by atoms with E-state index in [4.69, 9.17) is 9.47 Å². The third-order valence-corrected chi connectivity index (χ3v) is 3.55. The van der Waals surface area contributed by atoms with Crippen molar-refractivity contribution in [1.29, 1.82) is 0 Å². The van der Waals surface area contributed by atoms with Crippen LogP contribution in [0.2, 0.25) is 0 Å². The lowest BCUT2D eigenvalue weighted by molar-refractivity contribution is -0.120. The fraction of sp³-hybridized carbons (Fsp3) is 0.250. The molecule has 0 bridgehead atoms. The highest BCUT2D eigenvalue weighted by atomic mass is 16.5. The van der Waals surface area contributed by atoms with Gasteiger partial charge >= 0.3 is 0 Å². The number of hydrogen-bond donors (Lipinski definition) is 3. The van der Waals surface area contributed by atoms with E-state index in [1.54, 1.807) is 42.5 Å². The summed E-state index contributed by atoms with van der Waals surface area (Å²) >= 11 is 0. The van der Waals surface area contributed by atoms with Gasteiger partial charge in [-0.05, 0) is 44.2 Å². The minimum atomic E-state index is -0.565. The summed E-state index contributed by atoms with van der Waals surface area (Å²) < 4.78 is 10.8. The second kappa shape index (κ2) is 9.96. The molecule has 0 unspecified atom stereocenters. The molecule has 0 aromatic heterocycles. The average Bonchev–Trinajstić information content (AvgIpc) is 2.70. The van der Waals surface area contributed by atoms with Gasteiger partial charge in [0.2, 0.25) is 0 Å². The highest BCUT2D eigenvalue weighted by Gasteiger charge is 2.13. The first-order valence-electron chi connectivity index (χ1n) is 8.68. The summed E-state index contributed by atoms with van der Waals surface area (Å²) in [6.45, 7) is 3.48. The Bertz CT molecular complexity index is 837. The Morgan fingerprint density at radius 2 is 1.61 bits per heavy atom. The molecule has 0 aliphatic rings. The summed E-state index contributed by atoms with van der Waals surface area (Å²) in [6.07, 6.45) is -0.0426. The van der Waals surface area contributed by atoms with Crippen LogP contribution in [0.3, 0.4) is 0 Å². The van der Waals surface area contributed by atoms with Crippen LogP contribution in [0.4, 0.5) is 0 Å². The Kier molecular flexibility index (Phi) is 7.38. The lowest BCUT2D eigenvalue weighted by atomic mass is 10.2. The van der Waals surface area contributed by atoms with Gasteiger partial charge in [0.15, 0.2) is 11.5 Å². The van der Waals surface area contributed by atoms with Crippen LogP contribution in [0.1, 0.15) is 34.6 Å². The summed E-state index contributed by atoms with van der Waals surface area (Å²) in [7, 11) is 1.47. The number of carbonyl (C=O) groups excluding carboxylic acids is 3. The van der Waals surface area contributed by atoms with Gasteiger partial charge < -0.3 is 14.8 Å². The van der Waals surface area contributed by atoms with Crippen LogP contribution in [0.15, 0.2) is 48.5 Å². The van der Waals surface area contributed by atoms with Crippen molar-refractivity contribution >= 4 is 17.7 Å². The first-order valence-corrected chi connectivity index (χ1v) is 8.68.